The number of nitrogen functional groups attached to an aromatic ring is 1. The molecule has 2 aromatic heterocycles. The molecule has 0 aliphatic heterocycles. The highest BCUT2D eigenvalue weighted by atomic mass is 32.1. The van der Waals surface area contributed by atoms with Crippen molar-refractivity contribution >= 4 is 38.3 Å². The monoisotopic (exact) mass is 259 g/mol. The maximum atomic E-state index is 11.8. The summed E-state index contributed by atoms with van der Waals surface area (Å²) in [6, 6.07) is 8.69. The fourth-order valence-electron chi connectivity index (χ4n) is 1.56. The van der Waals surface area contributed by atoms with Crippen LogP contribution in [0.4, 0.5) is 10.8 Å². The molecule has 0 radical (unpaired) electrons. The van der Waals surface area contributed by atoms with Crippen molar-refractivity contribution in [3.63, 3.8) is 0 Å². The highest BCUT2D eigenvalue weighted by molar-refractivity contribution is 7.22. The Balaban J connectivity index is 1.89. The standard InChI is InChI=1S/C12H9N3O2S/c13-7-3-4-8-10(6-7)18-12(14-8)15-11(16)9-2-1-5-17-9/h1-6H,13H2,(H,14,15,16). The summed E-state index contributed by atoms with van der Waals surface area (Å²) in [5, 5.41) is 3.21. The maximum Gasteiger partial charge on any atom is 0.293 e. The van der Waals surface area contributed by atoms with Gasteiger partial charge in [-0.2, -0.15) is 0 Å². The number of carbonyl (C=O) groups is 1. The van der Waals surface area contributed by atoms with Crippen molar-refractivity contribution in [3.05, 3.63) is 42.4 Å². The van der Waals surface area contributed by atoms with Crippen LogP contribution in [0, 0.1) is 0 Å². The number of nitrogens with zero attached hydrogens (tertiary/aromatic N) is 1. The van der Waals surface area contributed by atoms with Gasteiger partial charge < -0.3 is 10.2 Å². The Hall–Kier alpha value is -2.34. The minimum Gasteiger partial charge on any atom is -0.459 e. The van der Waals surface area contributed by atoms with Gasteiger partial charge in [0.2, 0.25) is 0 Å². The molecule has 0 atom stereocenters. The molecule has 3 rings (SSSR count). The van der Waals surface area contributed by atoms with E-state index in [0.717, 1.165) is 10.2 Å². The van der Waals surface area contributed by atoms with E-state index < -0.39 is 0 Å². The van der Waals surface area contributed by atoms with E-state index in [2.05, 4.69) is 10.3 Å². The van der Waals surface area contributed by atoms with Gasteiger partial charge in [0.15, 0.2) is 10.9 Å². The molecular formula is C12H9N3O2S. The van der Waals surface area contributed by atoms with Crippen molar-refractivity contribution < 1.29 is 9.21 Å². The number of furan rings is 1. The van der Waals surface area contributed by atoms with Crippen LogP contribution in [0.15, 0.2) is 41.0 Å². The Bertz CT molecular complexity index is 703. The van der Waals surface area contributed by atoms with E-state index in [1.54, 1.807) is 18.2 Å². The smallest absolute Gasteiger partial charge is 0.293 e. The molecule has 0 aliphatic carbocycles. The number of nitrogens with one attached hydrogen (secondary N) is 1. The number of thiazole rings is 1. The number of hydrogen-bond acceptors (Lipinski definition) is 5. The molecule has 2 heterocycles. The number of nitrogens with two attached hydrogens (primary N) is 1. The molecule has 1 amide bonds. The lowest BCUT2D eigenvalue weighted by atomic mass is 10.3. The molecule has 3 N–H and O–H groups in total. The highest BCUT2D eigenvalue weighted by Crippen LogP contribution is 2.27. The van der Waals surface area contributed by atoms with Crippen molar-refractivity contribution in [2.45, 2.75) is 0 Å². The van der Waals surface area contributed by atoms with E-state index in [9.17, 15) is 4.79 Å². The molecule has 1 aromatic carbocycles. The molecule has 0 unspecified atom stereocenters. The Morgan fingerprint density at radius 3 is 3.06 bits per heavy atom. The Morgan fingerprint density at radius 2 is 2.28 bits per heavy atom. The zero-order valence-corrected chi connectivity index (χ0v) is 10.0. The summed E-state index contributed by atoms with van der Waals surface area (Å²) in [6.45, 7) is 0. The quantitative estimate of drug-likeness (QED) is 0.693. The number of hydrogen-bond donors (Lipinski definition) is 2. The van der Waals surface area contributed by atoms with E-state index in [1.165, 1.54) is 17.6 Å². The molecule has 0 fully saturated rings. The third-order valence-corrected chi connectivity index (χ3v) is 3.31. The van der Waals surface area contributed by atoms with Gasteiger partial charge >= 0.3 is 0 Å². The van der Waals surface area contributed by atoms with Gasteiger partial charge in [-0.1, -0.05) is 11.3 Å². The summed E-state index contributed by atoms with van der Waals surface area (Å²) in [5.74, 6) is -0.0548. The van der Waals surface area contributed by atoms with Gasteiger partial charge in [-0.15, -0.1) is 0 Å². The minimum atomic E-state index is -0.313. The second kappa shape index (κ2) is 4.15. The average molecular weight is 259 g/mol. The Morgan fingerprint density at radius 1 is 1.39 bits per heavy atom. The molecule has 5 nitrogen and oxygen atoms in total. The summed E-state index contributed by atoms with van der Waals surface area (Å²) in [6.07, 6.45) is 1.45. The number of fused-ring (bicyclic) bond motifs is 1. The molecule has 6 heteroatoms. The number of benzene rings is 1. The lowest BCUT2D eigenvalue weighted by Gasteiger charge is -1.96. The van der Waals surface area contributed by atoms with Gasteiger partial charge in [-0.3, -0.25) is 10.1 Å². The predicted molar refractivity (Wildman–Crippen MR) is 70.7 cm³/mol. The van der Waals surface area contributed by atoms with Gasteiger partial charge in [0.1, 0.15) is 0 Å². The van der Waals surface area contributed by atoms with Crippen LogP contribution in [0.2, 0.25) is 0 Å². The van der Waals surface area contributed by atoms with Crippen molar-refractivity contribution in [3.8, 4) is 0 Å². The van der Waals surface area contributed by atoms with Crippen LogP contribution in [0.5, 0.6) is 0 Å². The molecule has 3 aromatic rings. The largest absolute Gasteiger partial charge is 0.459 e. The first kappa shape index (κ1) is 10.8. The van der Waals surface area contributed by atoms with Gasteiger partial charge in [-0.05, 0) is 30.3 Å². The molecule has 0 saturated carbocycles. The summed E-state index contributed by atoms with van der Waals surface area (Å²) >= 11 is 1.37. The van der Waals surface area contributed by atoms with Gasteiger partial charge in [0.25, 0.3) is 5.91 Å². The van der Waals surface area contributed by atoms with Crippen LogP contribution in [-0.2, 0) is 0 Å². The Labute approximate surface area is 106 Å². The van der Waals surface area contributed by atoms with Gasteiger partial charge in [0.05, 0.1) is 16.5 Å². The normalized spacial score (nSPS) is 10.7. The van der Waals surface area contributed by atoms with E-state index in [1.807, 2.05) is 12.1 Å². The lowest BCUT2D eigenvalue weighted by molar-refractivity contribution is 0.0996. The van der Waals surface area contributed by atoms with Crippen molar-refractivity contribution in [2.24, 2.45) is 0 Å². The van der Waals surface area contributed by atoms with Crippen molar-refractivity contribution in [1.29, 1.82) is 0 Å². The van der Waals surface area contributed by atoms with Crippen LogP contribution in [0.25, 0.3) is 10.2 Å². The fraction of sp³-hybridized carbons (Fsp3) is 0. The summed E-state index contributed by atoms with van der Waals surface area (Å²) in [5.41, 5.74) is 7.17. The lowest BCUT2D eigenvalue weighted by Crippen LogP contribution is -2.10. The summed E-state index contributed by atoms with van der Waals surface area (Å²) < 4.78 is 5.94. The first-order valence-corrected chi connectivity index (χ1v) is 6.05. The SMILES string of the molecule is Nc1ccc2nc(NC(=O)c3ccco3)sc2c1. The first-order chi connectivity index (χ1) is 8.72. The van der Waals surface area contributed by atoms with E-state index in [4.69, 9.17) is 10.2 Å². The highest BCUT2D eigenvalue weighted by Gasteiger charge is 2.11. The number of anilines is 2. The van der Waals surface area contributed by atoms with Gasteiger partial charge in [-0.25, -0.2) is 4.98 Å². The summed E-state index contributed by atoms with van der Waals surface area (Å²) in [7, 11) is 0. The summed E-state index contributed by atoms with van der Waals surface area (Å²) in [4.78, 5) is 16.0. The molecule has 0 saturated heterocycles. The second-order valence-corrected chi connectivity index (χ2v) is 4.71. The van der Waals surface area contributed by atoms with Crippen molar-refractivity contribution in [2.75, 3.05) is 11.1 Å². The minimum absolute atomic E-state index is 0.258. The van der Waals surface area contributed by atoms with Crippen molar-refractivity contribution in [1.82, 2.24) is 4.98 Å². The number of aromatic nitrogens is 1. The van der Waals surface area contributed by atoms with Crippen LogP contribution in [0.3, 0.4) is 0 Å². The third kappa shape index (κ3) is 1.93. The molecule has 0 aliphatic rings. The topological polar surface area (TPSA) is 81.1 Å². The van der Waals surface area contributed by atoms with E-state index >= 15 is 0 Å². The second-order valence-electron chi connectivity index (χ2n) is 3.68. The molecule has 90 valence electrons. The number of amides is 1. The molecule has 0 spiro atoms. The fourth-order valence-corrected chi connectivity index (χ4v) is 2.47. The van der Waals surface area contributed by atoms with Crippen LogP contribution in [-0.4, -0.2) is 10.9 Å². The molecule has 0 bridgehead atoms. The molecular weight excluding hydrogens is 250 g/mol. The third-order valence-electron chi connectivity index (χ3n) is 2.38. The maximum absolute atomic E-state index is 11.8. The predicted octanol–water partition coefficient (Wildman–Crippen LogP) is 2.72. The molecule has 18 heavy (non-hydrogen) atoms. The van der Waals surface area contributed by atoms with E-state index in [-0.39, 0.29) is 11.7 Å². The van der Waals surface area contributed by atoms with E-state index in [0.29, 0.717) is 10.8 Å². The number of rotatable bonds is 2. The number of carbonyl (C=O) groups excluding carboxylic acids is 1. The average Bonchev–Trinajstić information content (AvgIpc) is 2.95. The van der Waals surface area contributed by atoms with Crippen LogP contribution in [0.1, 0.15) is 10.6 Å². The first-order valence-electron chi connectivity index (χ1n) is 5.23. The van der Waals surface area contributed by atoms with Crippen LogP contribution < -0.4 is 11.1 Å². The Kier molecular flexibility index (Phi) is 2.49. The van der Waals surface area contributed by atoms with Gasteiger partial charge in [0, 0.05) is 5.69 Å². The zero-order valence-electron chi connectivity index (χ0n) is 9.21. The van der Waals surface area contributed by atoms with Crippen LogP contribution >= 0.6 is 11.3 Å². The zero-order chi connectivity index (χ0) is 12.5.